The molecule has 1 fully saturated rings. The van der Waals surface area contributed by atoms with Crippen molar-refractivity contribution in [3.8, 4) is 0 Å². The smallest absolute Gasteiger partial charge is 0.243 e. The van der Waals surface area contributed by atoms with Crippen molar-refractivity contribution < 1.29 is 9.59 Å². The summed E-state index contributed by atoms with van der Waals surface area (Å²) in [5, 5.41) is 2.70. The molecule has 1 aliphatic rings. The average Bonchev–Trinajstić information content (AvgIpc) is 2.84. The van der Waals surface area contributed by atoms with Gasteiger partial charge in [0.2, 0.25) is 11.8 Å². The molecule has 3 N–H and O–H groups in total. The van der Waals surface area contributed by atoms with Crippen LogP contribution in [0.3, 0.4) is 0 Å². The monoisotopic (exact) mass is 182 g/mol. The third kappa shape index (κ3) is 3.27. The van der Waals surface area contributed by atoms with Gasteiger partial charge in [0.05, 0.1) is 0 Å². The van der Waals surface area contributed by atoms with E-state index in [4.69, 9.17) is 5.73 Å². The van der Waals surface area contributed by atoms with Crippen molar-refractivity contribution in [2.75, 3.05) is 0 Å². The Kier molecular flexibility index (Phi) is 3.06. The third-order valence-corrected chi connectivity index (χ3v) is 2.13. The standard InChI is InChI=1S/C9H14N2O2/c1-2-9(13)11-7(5-8(10)12)6-3-4-6/h2,6-7H,1,3-5H2,(H2,10,12)(H,11,13)/t7-/m0/s1. The Morgan fingerprint density at radius 2 is 2.23 bits per heavy atom. The largest absolute Gasteiger partial charge is 0.370 e. The first kappa shape index (κ1) is 9.77. The van der Waals surface area contributed by atoms with Gasteiger partial charge in [-0.15, -0.1) is 0 Å². The highest BCUT2D eigenvalue weighted by atomic mass is 16.2. The van der Waals surface area contributed by atoms with Gasteiger partial charge in [-0.3, -0.25) is 9.59 Å². The van der Waals surface area contributed by atoms with E-state index in [1.807, 2.05) is 0 Å². The van der Waals surface area contributed by atoms with Crippen LogP contribution in [-0.2, 0) is 9.59 Å². The van der Waals surface area contributed by atoms with Crippen molar-refractivity contribution in [2.24, 2.45) is 11.7 Å². The predicted octanol–water partition coefficient (Wildman–Crippen LogP) is -0.0574. The first-order valence-corrected chi connectivity index (χ1v) is 4.34. The second-order valence-corrected chi connectivity index (χ2v) is 3.33. The summed E-state index contributed by atoms with van der Waals surface area (Å²) in [5.41, 5.74) is 5.06. The molecule has 0 aromatic carbocycles. The van der Waals surface area contributed by atoms with Crippen LogP contribution >= 0.6 is 0 Å². The zero-order valence-corrected chi connectivity index (χ0v) is 7.45. The zero-order valence-electron chi connectivity index (χ0n) is 7.45. The Balaban J connectivity index is 2.42. The number of carbonyl (C=O) groups excluding carboxylic acids is 2. The van der Waals surface area contributed by atoms with E-state index in [0.717, 1.165) is 12.8 Å². The van der Waals surface area contributed by atoms with Crippen LogP contribution in [0.4, 0.5) is 0 Å². The van der Waals surface area contributed by atoms with Crippen molar-refractivity contribution >= 4 is 11.8 Å². The van der Waals surface area contributed by atoms with E-state index in [9.17, 15) is 9.59 Å². The molecule has 72 valence electrons. The molecule has 0 aromatic heterocycles. The van der Waals surface area contributed by atoms with Crippen LogP contribution in [0.5, 0.6) is 0 Å². The lowest BCUT2D eigenvalue weighted by Crippen LogP contribution is -2.38. The van der Waals surface area contributed by atoms with Gasteiger partial charge >= 0.3 is 0 Å². The molecule has 0 heterocycles. The molecule has 0 radical (unpaired) electrons. The number of hydrogen-bond acceptors (Lipinski definition) is 2. The van der Waals surface area contributed by atoms with Crippen LogP contribution in [0.15, 0.2) is 12.7 Å². The number of rotatable bonds is 5. The summed E-state index contributed by atoms with van der Waals surface area (Å²) in [6.07, 6.45) is 3.56. The van der Waals surface area contributed by atoms with E-state index in [0.29, 0.717) is 5.92 Å². The van der Waals surface area contributed by atoms with Crippen molar-refractivity contribution in [1.29, 1.82) is 0 Å². The molecule has 0 aromatic rings. The summed E-state index contributed by atoms with van der Waals surface area (Å²) in [6, 6.07) is -0.0944. The van der Waals surface area contributed by atoms with Gasteiger partial charge in [-0.2, -0.15) is 0 Å². The lowest BCUT2D eigenvalue weighted by Gasteiger charge is -2.14. The molecule has 1 atom stereocenters. The quantitative estimate of drug-likeness (QED) is 0.585. The summed E-state index contributed by atoms with van der Waals surface area (Å²) in [5.74, 6) is -0.184. The minimum absolute atomic E-state index is 0.0944. The van der Waals surface area contributed by atoms with Crippen LogP contribution in [0, 0.1) is 5.92 Å². The number of nitrogens with two attached hydrogens (primary N) is 1. The Labute approximate surface area is 77.2 Å². The molecule has 2 amide bonds. The van der Waals surface area contributed by atoms with Crippen molar-refractivity contribution in [1.82, 2.24) is 5.32 Å². The minimum atomic E-state index is -0.374. The molecule has 13 heavy (non-hydrogen) atoms. The van der Waals surface area contributed by atoms with Gasteiger partial charge in [0.15, 0.2) is 0 Å². The molecular formula is C9H14N2O2. The summed E-state index contributed by atoms with van der Waals surface area (Å²) in [7, 11) is 0. The number of amides is 2. The molecule has 0 bridgehead atoms. The van der Waals surface area contributed by atoms with E-state index in [2.05, 4.69) is 11.9 Å². The van der Waals surface area contributed by atoms with Gasteiger partial charge in [-0.1, -0.05) is 6.58 Å². The highest BCUT2D eigenvalue weighted by Crippen LogP contribution is 2.33. The summed E-state index contributed by atoms with van der Waals surface area (Å²) >= 11 is 0. The fourth-order valence-electron chi connectivity index (χ4n) is 1.29. The molecule has 4 heteroatoms. The van der Waals surface area contributed by atoms with Gasteiger partial charge < -0.3 is 11.1 Å². The Morgan fingerprint density at radius 1 is 1.62 bits per heavy atom. The zero-order chi connectivity index (χ0) is 9.84. The van der Waals surface area contributed by atoms with E-state index in [-0.39, 0.29) is 24.3 Å². The molecule has 1 saturated carbocycles. The van der Waals surface area contributed by atoms with Crippen LogP contribution in [0.25, 0.3) is 0 Å². The second kappa shape index (κ2) is 4.07. The van der Waals surface area contributed by atoms with Crippen molar-refractivity contribution in [3.05, 3.63) is 12.7 Å². The molecule has 4 nitrogen and oxygen atoms in total. The Hall–Kier alpha value is -1.32. The summed E-state index contributed by atoms with van der Waals surface area (Å²) < 4.78 is 0. The maximum atomic E-state index is 11.0. The van der Waals surface area contributed by atoms with Gasteiger partial charge in [0.1, 0.15) is 0 Å². The minimum Gasteiger partial charge on any atom is -0.370 e. The van der Waals surface area contributed by atoms with Crippen LogP contribution in [0.1, 0.15) is 19.3 Å². The normalized spacial score (nSPS) is 17.5. The van der Waals surface area contributed by atoms with Gasteiger partial charge in [0.25, 0.3) is 0 Å². The number of primary amides is 1. The van der Waals surface area contributed by atoms with E-state index in [1.54, 1.807) is 0 Å². The second-order valence-electron chi connectivity index (χ2n) is 3.33. The SMILES string of the molecule is C=CC(=O)N[C@@H](CC(N)=O)C1CC1. The topological polar surface area (TPSA) is 72.2 Å². The first-order chi connectivity index (χ1) is 6.13. The molecule has 1 rings (SSSR count). The molecule has 0 saturated heterocycles. The predicted molar refractivity (Wildman–Crippen MR) is 48.7 cm³/mol. The van der Waals surface area contributed by atoms with Gasteiger partial charge in [0, 0.05) is 12.5 Å². The average molecular weight is 182 g/mol. The van der Waals surface area contributed by atoms with Crippen LogP contribution < -0.4 is 11.1 Å². The molecule has 0 spiro atoms. The highest BCUT2D eigenvalue weighted by Gasteiger charge is 2.32. The third-order valence-electron chi connectivity index (χ3n) is 2.13. The van der Waals surface area contributed by atoms with Crippen LogP contribution in [0.2, 0.25) is 0 Å². The molecule has 0 aliphatic heterocycles. The summed E-state index contributed by atoms with van der Waals surface area (Å²) in [6.45, 7) is 3.34. The molecular weight excluding hydrogens is 168 g/mol. The van der Waals surface area contributed by atoms with Crippen molar-refractivity contribution in [2.45, 2.75) is 25.3 Å². The Bertz CT molecular complexity index is 234. The summed E-state index contributed by atoms with van der Waals surface area (Å²) in [4.78, 5) is 21.6. The highest BCUT2D eigenvalue weighted by molar-refractivity contribution is 5.87. The maximum absolute atomic E-state index is 11.0. The van der Waals surface area contributed by atoms with E-state index < -0.39 is 0 Å². The number of nitrogens with one attached hydrogen (secondary N) is 1. The van der Waals surface area contributed by atoms with E-state index in [1.165, 1.54) is 6.08 Å². The van der Waals surface area contributed by atoms with Gasteiger partial charge in [-0.25, -0.2) is 0 Å². The fraction of sp³-hybridized carbons (Fsp3) is 0.556. The number of carbonyl (C=O) groups is 2. The van der Waals surface area contributed by atoms with Crippen LogP contribution in [-0.4, -0.2) is 17.9 Å². The number of hydrogen-bond donors (Lipinski definition) is 2. The lowest BCUT2D eigenvalue weighted by atomic mass is 10.1. The molecule has 1 aliphatic carbocycles. The Morgan fingerprint density at radius 3 is 2.62 bits per heavy atom. The van der Waals surface area contributed by atoms with Crippen molar-refractivity contribution in [3.63, 3.8) is 0 Å². The first-order valence-electron chi connectivity index (χ1n) is 4.34. The maximum Gasteiger partial charge on any atom is 0.243 e. The lowest BCUT2D eigenvalue weighted by molar-refractivity contribution is -0.119. The van der Waals surface area contributed by atoms with Gasteiger partial charge in [-0.05, 0) is 24.8 Å². The van der Waals surface area contributed by atoms with E-state index >= 15 is 0 Å². The fourth-order valence-corrected chi connectivity index (χ4v) is 1.29. The molecule has 0 unspecified atom stereocenters.